The number of hydrogen-bond donors (Lipinski definition) is 1. The summed E-state index contributed by atoms with van der Waals surface area (Å²) in [6, 6.07) is 7.66. The van der Waals surface area contributed by atoms with Crippen LogP contribution in [0.25, 0.3) is 0 Å². The van der Waals surface area contributed by atoms with Crippen LogP contribution in [-0.2, 0) is 4.79 Å². The number of allylic oxidation sites excluding steroid dienone is 1. The molecule has 1 aromatic rings. The van der Waals surface area contributed by atoms with Crippen molar-refractivity contribution < 1.29 is 4.79 Å². The predicted octanol–water partition coefficient (Wildman–Crippen LogP) is 3.95. The molecule has 0 saturated heterocycles. The molecule has 1 rings (SSSR count). The van der Waals surface area contributed by atoms with Crippen molar-refractivity contribution in [1.82, 2.24) is 0 Å². The Morgan fingerprint density at radius 3 is 2.53 bits per heavy atom. The lowest BCUT2D eigenvalue weighted by atomic mass is 10.2. The minimum atomic E-state index is -0.157. The highest BCUT2D eigenvalue weighted by Crippen LogP contribution is 2.19. The van der Waals surface area contributed by atoms with E-state index in [4.69, 9.17) is 0 Å². The molecule has 0 fully saturated rings. The van der Waals surface area contributed by atoms with Gasteiger partial charge >= 0.3 is 0 Å². The van der Waals surface area contributed by atoms with Crippen LogP contribution in [0.15, 0.2) is 33.2 Å². The van der Waals surface area contributed by atoms with Crippen LogP contribution < -0.4 is 5.32 Å². The SMILES string of the molecule is C/C(Br)=C(/Br)C(=O)Nc1cccc(C)c1. The van der Waals surface area contributed by atoms with Gasteiger partial charge in [-0.2, -0.15) is 0 Å². The molecule has 0 aliphatic heterocycles. The van der Waals surface area contributed by atoms with Gasteiger partial charge in [-0.15, -0.1) is 0 Å². The summed E-state index contributed by atoms with van der Waals surface area (Å²) in [5.41, 5.74) is 1.91. The second kappa shape index (κ2) is 5.47. The summed E-state index contributed by atoms with van der Waals surface area (Å²) in [6.07, 6.45) is 0. The molecule has 0 aliphatic carbocycles. The van der Waals surface area contributed by atoms with E-state index in [1.807, 2.05) is 31.2 Å². The third-order valence-electron chi connectivity index (χ3n) is 1.78. The molecule has 0 atom stereocenters. The van der Waals surface area contributed by atoms with Crippen molar-refractivity contribution in [1.29, 1.82) is 0 Å². The van der Waals surface area contributed by atoms with Crippen molar-refractivity contribution in [2.45, 2.75) is 13.8 Å². The van der Waals surface area contributed by atoms with Crippen LogP contribution in [-0.4, -0.2) is 5.91 Å². The molecule has 0 bridgehead atoms. The zero-order chi connectivity index (χ0) is 11.4. The van der Waals surface area contributed by atoms with Gasteiger partial charge in [0, 0.05) is 10.2 Å². The van der Waals surface area contributed by atoms with Gasteiger partial charge in [-0.25, -0.2) is 0 Å². The van der Waals surface area contributed by atoms with E-state index in [1.54, 1.807) is 6.92 Å². The van der Waals surface area contributed by atoms with Crippen LogP contribution in [0.1, 0.15) is 12.5 Å². The molecule has 1 N–H and O–H groups in total. The molecule has 0 aromatic heterocycles. The van der Waals surface area contributed by atoms with Crippen LogP contribution in [0.2, 0.25) is 0 Å². The third kappa shape index (κ3) is 3.80. The van der Waals surface area contributed by atoms with E-state index in [9.17, 15) is 4.79 Å². The highest BCUT2D eigenvalue weighted by atomic mass is 79.9. The van der Waals surface area contributed by atoms with Crippen molar-refractivity contribution in [3.8, 4) is 0 Å². The van der Waals surface area contributed by atoms with Crippen LogP contribution in [0, 0.1) is 6.92 Å². The van der Waals surface area contributed by atoms with Crippen LogP contribution in [0.5, 0.6) is 0 Å². The fourth-order valence-electron chi connectivity index (χ4n) is 1.07. The molecule has 2 nitrogen and oxygen atoms in total. The van der Waals surface area contributed by atoms with Crippen molar-refractivity contribution >= 4 is 43.5 Å². The maximum absolute atomic E-state index is 11.6. The van der Waals surface area contributed by atoms with Crippen LogP contribution in [0.3, 0.4) is 0 Å². The molecule has 1 amide bonds. The number of hydrogen-bond acceptors (Lipinski definition) is 1. The highest BCUT2D eigenvalue weighted by Gasteiger charge is 2.08. The number of rotatable bonds is 2. The van der Waals surface area contributed by atoms with E-state index in [-0.39, 0.29) is 5.91 Å². The smallest absolute Gasteiger partial charge is 0.263 e. The second-order valence-corrected chi connectivity index (χ2v) is 5.15. The first kappa shape index (κ1) is 12.5. The third-order valence-corrected chi connectivity index (χ3v) is 3.66. The summed E-state index contributed by atoms with van der Waals surface area (Å²) in [4.78, 5) is 11.6. The molecule has 0 saturated carbocycles. The van der Waals surface area contributed by atoms with Gasteiger partial charge in [-0.3, -0.25) is 4.79 Å². The zero-order valence-corrected chi connectivity index (χ0v) is 11.6. The Hall–Kier alpha value is -0.610. The average molecular weight is 333 g/mol. The summed E-state index contributed by atoms with van der Waals surface area (Å²) in [6.45, 7) is 3.79. The van der Waals surface area contributed by atoms with Gasteiger partial charge < -0.3 is 5.32 Å². The molecule has 80 valence electrons. The van der Waals surface area contributed by atoms with E-state index in [1.165, 1.54) is 0 Å². The molecular weight excluding hydrogens is 322 g/mol. The largest absolute Gasteiger partial charge is 0.322 e. The fourth-order valence-corrected chi connectivity index (χ4v) is 1.34. The molecule has 0 heterocycles. The molecule has 4 heteroatoms. The fraction of sp³-hybridized carbons (Fsp3) is 0.182. The second-order valence-electron chi connectivity index (χ2n) is 3.17. The Bertz CT molecular complexity index is 409. The molecule has 0 unspecified atom stereocenters. The van der Waals surface area contributed by atoms with E-state index >= 15 is 0 Å². The van der Waals surface area contributed by atoms with Gasteiger partial charge in [-0.1, -0.05) is 28.1 Å². The number of halogens is 2. The van der Waals surface area contributed by atoms with E-state index in [0.717, 1.165) is 15.7 Å². The number of carbonyl (C=O) groups is 1. The summed E-state index contributed by atoms with van der Waals surface area (Å²) < 4.78 is 1.27. The highest BCUT2D eigenvalue weighted by molar-refractivity contribution is 9.14. The quantitative estimate of drug-likeness (QED) is 0.816. The standard InChI is InChI=1S/C11H11Br2NO/c1-7-4-3-5-9(6-7)14-11(15)10(13)8(2)12/h3-6H,1-2H3,(H,14,15)/b10-8-. The van der Waals surface area contributed by atoms with Gasteiger partial charge in [-0.05, 0) is 47.5 Å². The predicted molar refractivity (Wildman–Crippen MR) is 70.4 cm³/mol. The maximum Gasteiger partial charge on any atom is 0.263 e. The van der Waals surface area contributed by atoms with E-state index < -0.39 is 0 Å². The molecule has 15 heavy (non-hydrogen) atoms. The van der Waals surface area contributed by atoms with Crippen molar-refractivity contribution in [2.75, 3.05) is 5.32 Å². The lowest BCUT2D eigenvalue weighted by Crippen LogP contribution is -2.11. The molecule has 0 aliphatic rings. The van der Waals surface area contributed by atoms with Gasteiger partial charge in [0.25, 0.3) is 5.91 Å². The molecule has 1 aromatic carbocycles. The van der Waals surface area contributed by atoms with Crippen LogP contribution in [0.4, 0.5) is 5.69 Å². The minimum Gasteiger partial charge on any atom is -0.322 e. The van der Waals surface area contributed by atoms with Crippen molar-refractivity contribution in [3.05, 3.63) is 38.8 Å². The van der Waals surface area contributed by atoms with E-state index in [0.29, 0.717) is 4.48 Å². The first-order valence-corrected chi connectivity index (χ1v) is 5.99. The Morgan fingerprint density at radius 2 is 2.00 bits per heavy atom. The Balaban J connectivity index is 2.80. The molecule has 0 radical (unpaired) electrons. The number of carbonyl (C=O) groups excluding carboxylic acids is 1. The van der Waals surface area contributed by atoms with Gasteiger partial charge in [0.05, 0.1) is 4.48 Å². The Kier molecular flexibility index (Phi) is 4.54. The summed E-state index contributed by atoms with van der Waals surface area (Å²) in [5.74, 6) is -0.157. The number of benzene rings is 1. The first-order chi connectivity index (χ1) is 7.00. The lowest BCUT2D eigenvalue weighted by molar-refractivity contribution is -0.112. The van der Waals surface area contributed by atoms with Crippen molar-refractivity contribution in [2.24, 2.45) is 0 Å². The number of aryl methyl sites for hydroxylation is 1. The number of amides is 1. The summed E-state index contributed by atoms with van der Waals surface area (Å²) in [7, 11) is 0. The molecule has 0 spiro atoms. The molecular formula is C11H11Br2NO. The average Bonchev–Trinajstić information content (AvgIpc) is 2.16. The Morgan fingerprint density at radius 1 is 1.33 bits per heavy atom. The first-order valence-electron chi connectivity index (χ1n) is 4.40. The van der Waals surface area contributed by atoms with Gasteiger partial charge in [0.15, 0.2) is 0 Å². The lowest BCUT2D eigenvalue weighted by Gasteiger charge is -2.05. The number of anilines is 1. The summed E-state index contributed by atoms with van der Waals surface area (Å²) >= 11 is 6.44. The monoisotopic (exact) mass is 331 g/mol. The minimum absolute atomic E-state index is 0.157. The van der Waals surface area contributed by atoms with Gasteiger partial charge in [0.1, 0.15) is 0 Å². The number of nitrogens with one attached hydrogen (secondary N) is 1. The van der Waals surface area contributed by atoms with Crippen molar-refractivity contribution in [3.63, 3.8) is 0 Å². The van der Waals surface area contributed by atoms with Gasteiger partial charge in [0.2, 0.25) is 0 Å². The maximum atomic E-state index is 11.6. The topological polar surface area (TPSA) is 29.1 Å². The van der Waals surface area contributed by atoms with Crippen LogP contribution >= 0.6 is 31.9 Å². The zero-order valence-electron chi connectivity index (χ0n) is 8.47. The summed E-state index contributed by atoms with van der Waals surface area (Å²) in [5, 5.41) is 2.79. The normalized spacial score (nSPS) is 12.0. The Labute approximate surface area is 106 Å². The van der Waals surface area contributed by atoms with E-state index in [2.05, 4.69) is 37.2 Å².